The monoisotopic (exact) mass is 234 g/mol. The van der Waals surface area contributed by atoms with Crippen molar-refractivity contribution in [1.29, 1.82) is 0 Å². The number of ether oxygens (including phenoxy) is 1. The zero-order valence-electron chi connectivity index (χ0n) is 10.1. The predicted molar refractivity (Wildman–Crippen MR) is 66.1 cm³/mol. The summed E-state index contributed by atoms with van der Waals surface area (Å²) in [4.78, 5) is 14.1. The van der Waals surface area contributed by atoms with E-state index >= 15 is 0 Å². The molecule has 2 N–H and O–H groups in total. The molecule has 1 heterocycles. The van der Waals surface area contributed by atoms with Crippen LogP contribution in [0, 0.1) is 0 Å². The summed E-state index contributed by atoms with van der Waals surface area (Å²) >= 11 is 0. The second kappa shape index (κ2) is 5.19. The maximum atomic E-state index is 12.3. The number of nitrogens with zero attached hydrogens (tertiary/aromatic N) is 1. The first kappa shape index (κ1) is 11.9. The van der Waals surface area contributed by atoms with Crippen LogP contribution in [0.25, 0.3) is 0 Å². The van der Waals surface area contributed by atoms with Crippen molar-refractivity contribution in [3.8, 4) is 5.75 Å². The first-order valence-electron chi connectivity index (χ1n) is 5.90. The molecule has 0 saturated carbocycles. The molecular weight excluding hydrogens is 216 g/mol. The Labute approximate surface area is 101 Å². The van der Waals surface area contributed by atoms with Gasteiger partial charge in [-0.15, -0.1) is 0 Å². The van der Waals surface area contributed by atoms with Gasteiger partial charge in [-0.1, -0.05) is 12.1 Å². The van der Waals surface area contributed by atoms with Gasteiger partial charge in [0, 0.05) is 19.1 Å². The van der Waals surface area contributed by atoms with E-state index in [-0.39, 0.29) is 11.9 Å². The molecule has 4 nitrogen and oxygen atoms in total. The topological polar surface area (TPSA) is 55.6 Å². The fourth-order valence-corrected chi connectivity index (χ4v) is 2.09. The summed E-state index contributed by atoms with van der Waals surface area (Å²) in [5, 5.41) is 0. The Morgan fingerprint density at radius 3 is 2.65 bits per heavy atom. The predicted octanol–water partition coefficient (Wildman–Crippen LogP) is 1.26. The zero-order chi connectivity index (χ0) is 12.3. The Kier molecular flexibility index (Phi) is 3.64. The summed E-state index contributed by atoms with van der Waals surface area (Å²) in [6, 6.07) is 7.56. The van der Waals surface area contributed by atoms with Crippen LogP contribution in [0.2, 0.25) is 0 Å². The van der Waals surface area contributed by atoms with Crippen LogP contribution >= 0.6 is 0 Å². The highest BCUT2D eigenvalue weighted by atomic mass is 16.5. The van der Waals surface area contributed by atoms with Gasteiger partial charge in [0.25, 0.3) is 5.91 Å². The maximum absolute atomic E-state index is 12.3. The molecule has 0 aromatic heterocycles. The van der Waals surface area contributed by atoms with Crippen LogP contribution in [0.5, 0.6) is 5.75 Å². The lowest BCUT2D eigenvalue weighted by Crippen LogP contribution is -2.42. The third kappa shape index (κ3) is 2.58. The number of methoxy groups -OCH3 is 1. The molecule has 0 atom stereocenters. The van der Waals surface area contributed by atoms with E-state index in [0.717, 1.165) is 25.9 Å². The number of amides is 1. The minimum atomic E-state index is 0.0364. The third-order valence-electron chi connectivity index (χ3n) is 3.16. The second-order valence-electron chi connectivity index (χ2n) is 4.33. The Balaban J connectivity index is 2.14. The lowest BCUT2D eigenvalue weighted by Gasteiger charge is -2.30. The number of hydrogen-bond donors (Lipinski definition) is 1. The van der Waals surface area contributed by atoms with E-state index in [1.54, 1.807) is 13.2 Å². The van der Waals surface area contributed by atoms with Crippen LogP contribution in [0.15, 0.2) is 24.3 Å². The average Bonchev–Trinajstić information content (AvgIpc) is 2.39. The van der Waals surface area contributed by atoms with Gasteiger partial charge in [0.2, 0.25) is 0 Å². The fraction of sp³-hybridized carbons (Fsp3) is 0.462. The first-order chi connectivity index (χ1) is 8.22. The number of benzene rings is 1. The van der Waals surface area contributed by atoms with E-state index < -0.39 is 0 Å². The molecule has 1 aliphatic rings. The smallest absolute Gasteiger partial charge is 0.257 e. The Hall–Kier alpha value is -1.55. The second-order valence-corrected chi connectivity index (χ2v) is 4.33. The molecular formula is C13H18N2O2. The van der Waals surface area contributed by atoms with Gasteiger partial charge in [0.05, 0.1) is 12.7 Å². The van der Waals surface area contributed by atoms with E-state index in [1.807, 2.05) is 23.1 Å². The van der Waals surface area contributed by atoms with Crippen LogP contribution in [0.4, 0.5) is 0 Å². The van der Waals surface area contributed by atoms with E-state index in [0.29, 0.717) is 11.3 Å². The molecule has 1 amide bonds. The molecule has 1 aromatic carbocycles. The highest BCUT2D eigenvalue weighted by Gasteiger charge is 2.23. The molecule has 1 aromatic rings. The molecule has 0 spiro atoms. The number of para-hydroxylation sites is 1. The molecule has 0 unspecified atom stereocenters. The summed E-state index contributed by atoms with van der Waals surface area (Å²) in [5.74, 6) is 0.668. The highest BCUT2D eigenvalue weighted by molar-refractivity contribution is 5.97. The molecule has 2 rings (SSSR count). The number of nitrogens with two attached hydrogens (primary N) is 1. The van der Waals surface area contributed by atoms with E-state index in [1.165, 1.54) is 0 Å². The van der Waals surface area contributed by atoms with Crippen molar-refractivity contribution >= 4 is 5.91 Å². The molecule has 1 saturated heterocycles. The van der Waals surface area contributed by atoms with E-state index in [4.69, 9.17) is 10.5 Å². The van der Waals surface area contributed by atoms with Crippen molar-refractivity contribution in [2.24, 2.45) is 5.73 Å². The van der Waals surface area contributed by atoms with Crippen LogP contribution in [0.3, 0.4) is 0 Å². The summed E-state index contributed by atoms with van der Waals surface area (Å²) in [7, 11) is 1.58. The minimum Gasteiger partial charge on any atom is -0.496 e. The molecule has 92 valence electrons. The van der Waals surface area contributed by atoms with Crippen molar-refractivity contribution in [3.05, 3.63) is 29.8 Å². The molecule has 0 aliphatic carbocycles. The van der Waals surface area contributed by atoms with Crippen molar-refractivity contribution in [3.63, 3.8) is 0 Å². The van der Waals surface area contributed by atoms with Crippen molar-refractivity contribution in [2.45, 2.75) is 18.9 Å². The summed E-state index contributed by atoms with van der Waals surface area (Å²) in [6.45, 7) is 1.47. The largest absolute Gasteiger partial charge is 0.496 e. The number of piperidine rings is 1. The molecule has 1 fully saturated rings. The van der Waals surface area contributed by atoms with Gasteiger partial charge < -0.3 is 15.4 Å². The number of likely N-dealkylation sites (tertiary alicyclic amines) is 1. The van der Waals surface area contributed by atoms with Gasteiger partial charge in [0.1, 0.15) is 5.75 Å². The normalized spacial score (nSPS) is 16.9. The maximum Gasteiger partial charge on any atom is 0.257 e. The summed E-state index contributed by atoms with van der Waals surface area (Å²) in [6.07, 6.45) is 1.75. The van der Waals surface area contributed by atoms with Gasteiger partial charge >= 0.3 is 0 Å². The average molecular weight is 234 g/mol. The molecule has 0 radical (unpaired) electrons. The van der Waals surface area contributed by atoms with Crippen molar-refractivity contribution in [1.82, 2.24) is 4.90 Å². The van der Waals surface area contributed by atoms with Crippen LogP contribution in [0.1, 0.15) is 23.2 Å². The van der Waals surface area contributed by atoms with Gasteiger partial charge in [-0.3, -0.25) is 4.79 Å². The quantitative estimate of drug-likeness (QED) is 0.838. The van der Waals surface area contributed by atoms with Gasteiger partial charge in [-0.05, 0) is 25.0 Å². The van der Waals surface area contributed by atoms with Crippen molar-refractivity contribution in [2.75, 3.05) is 20.2 Å². The third-order valence-corrected chi connectivity index (χ3v) is 3.16. The Bertz CT molecular complexity index is 398. The molecule has 0 bridgehead atoms. The van der Waals surface area contributed by atoms with Crippen molar-refractivity contribution < 1.29 is 9.53 Å². The number of rotatable bonds is 2. The Morgan fingerprint density at radius 2 is 2.00 bits per heavy atom. The van der Waals surface area contributed by atoms with Crippen LogP contribution < -0.4 is 10.5 Å². The van der Waals surface area contributed by atoms with Crippen LogP contribution in [-0.4, -0.2) is 37.0 Å². The molecule has 4 heteroatoms. The lowest BCUT2D eigenvalue weighted by atomic mass is 10.0. The van der Waals surface area contributed by atoms with Crippen LogP contribution in [-0.2, 0) is 0 Å². The lowest BCUT2D eigenvalue weighted by molar-refractivity contribution is 0.0711. The molecule has 1 aliphatic heterocycles. The van der Waals surface area contributed by atoms with E-state index in [2.05, 4.69) is 0 Å². The van der Waals surface area contributed by atoms with E-state index in [9.17, 15) is 4.79 Å². The van der Waals surface area contributed by atoms with Gasteiger partial charge in [-0.2, -0.15) is 0 Å². The summed E-state index contributed by atoms with van der Waals surface area (Å²) in [5.41, 5.74) is 6.46. The number of hydrogen-bond acceptors (Lipinski definition) is 3. The SMILES string of the molecule is COc1ccccc1C(=O)N1CCC(N)CC1. The number of carbonyl (C=O) groups excluding carboxylic acids is 1. The first-order valence-corrected chi connectivity index (χ1v) is 5.90. The minimum absolute atomic E-state index is 0.0364. The molecule has 17 heavy (non-hydrogen) atoms. The Morgan fingerprint density at radius 1 is 1.35 bits per heavy atom. The summed E-state index contributed by atoms with van der Waals surface area (Å²) < 4.78 is 5.21. The zero-order valence-corrected chi connectivity index (χ0v) is 10.1. The van der Waals surface area contributed by atoms with Gasteiger partial charge in [0.15, 0.2) is 0 Å². The number of carbonyl (C=O) groups is 1. The standard InChI is InChI=1S/C13H18N2O2/c1-17-12-5-3-2-4-11(12)13(16)15-8-6-10(14)7-9-15/h2-5,10H,6-9,14H2,1H3. The van der Waals surface area contributed by atoms with Gasteiger partial charge in [-0.25, -0.2) is 0 Å². The highest BCUT2D eigenvalue weighted by Crippen LogP contribution is 2.21. The fourth-order valence-electron chi connectivity index (χ4n) is 2.09.